The van der Waals surface area contributed by atoms with Crippen LogP contribution < -0.4 is 4.72 Å². The highest BCUT2D eigenvalue weighted by atomic mass is 32.2. The van der Waals surface area contributed by atoms with Crippen molar-refractivity contribution in [3.8, 4) is 0 Å². The predicted octanol–water partition coefficient (Wildman–Crippen LogP) is 2.34. The average Bonchev–Trinajstić information content (AvgIpc) is 2.27. The Kier molecular flexibility index (Phi) is 5.66. The Bertz CT molecular complexity index is 349. The van der Waals surface area contributed by atoms with Gasteiger partial charge in [-0.2, -0.15) is 0 Å². The fourth-order valence-corrected chi connectivity index (χ4v) is 2.39. The van der Waals surface area contributed by atoms with Gasteiger partial charge >= 0.3 is 0 Å². The first-order valence-corrected chi connectivity index (χ1v) is 7.33. The minimum atomic E-state index is -1.06. The first kappa shape index (κ1) is 15.5. The van der Waals surface area contributed by atoms with Crippen molar-refractivity contribution in [2.45, 2.75) is 31.6 Å². The second-order valence-corrected chi connectivity index (χ2v) is 7.72. The van der Waals surface area contributed by atoms with E-state index in [0.29, 0.717) is 0 Å². The molecule has 18 heavy (non-hydrogen) atoms. The van der Waals surface area contributed by atoms with Crippen LogP contribution in [0, 0.1) is 0 Å². The summed E-state index contributed by atoms with van der Waals surface area (Å²) < 4.78 is 15.2. The SMILES string of the molecule is CN(C)C[C@@H](N[S+]([O-])C(C)(C)C)c1ccccc1. The molecule has 0 aliphatic heterocycles. The van der Waals surface area contributed by atoms with Crippen LogP contribution in [-0.2, 0) is 11.4 Å². The summed E-state index contributed by atoms with van der Waals surface area (Å²) in [5.74, 6) is 0. The van der Waals surface area contributed by atoms with Crippen molar-refractivity contribution < 1.29 is 4.55 Å². The summed E-state index contributed by atoms with van der Waals surface area (Å²) in [5, 5.41) is 0. The first-order chi connectivity index (χ1) is 8.30. The normalized spacial score (nSPS) is 15.7. The molecule has 0 aliphatic rings. The molecule has 0 heterocycles. The highest BCUT2D eigenvalue weighted by Crippen LogP contribution is 2.20. The Balaban J connectivity index is 2.80. The van der Waals surface area contributed by atoms with Gasteiger partial charge in [0.2, 0.25) is 0 Å². The van der Waals surface area contributed by atoms with E-state index in [2.05, 4.69) is 21.8 Å². The number of rotatable bonds is 5. The van der Waals surface area contributed by atoms with Gasteiger partial charge in [0, 0.05) is 17.9 Å². The zero-order valence-electron chi connectivity index (χ0n) is 11.9. The maximum atomic E-state index is 12.2. The maximum absolute atomic E-state index is 12.2. The van der Waals surface area contributed by atoms with Gasteiger partial charge in [-0.1, -0.05) is 30.3 Å². The summed E-state index contributed by atoms with van der Waals surface area (Å²) in [6, 6.07) is 10.2. The van der Waals surface area contributed by atoms with Gasteiger partial charge in [0.05, 0.1) is 6.04 Å². The van der Waals surface area contributed by atoms with E-state index in [4.69, 9.17) is 0 Å². The molecule has 102 valence electrons. The third-order valence-electron chi connectivity index (χ3n) is 2.56. The van der Waals surface area contributed by atoms with Crippen LogP contribution in [0.3, 0.4) is 0 Å². The number of nitrogens with zero attached hydrogens (tertiary/aromatic N) is 1. The van der Waals surface area contributed by atoms with Gasteiger partial charge < -0.3 is 9.45 Å². The van der Waals surface area contributed by atoms with Crippen molar-refractivity contribution in [1.29, 1.82) is 0 Å². The van der Waals surface area contributed by atoms with E-state index >= 15 is 0 Å². The van der Waals surface area contributed by atoms with Gasteiger partial charge in [-0.25, -0.2) is 0 Å². The maximum Gasteiger partial charge on any atom is 0.136 e. The molecule has 0 saturated carbocycles. The Labute approximate surface area is 114 Å². The van der Waals surface area contributed by atoms with Crippen LogP contribution in [0.4, 0.5) is 0 Å². The molecule has 1 N–H and O–H groups in total. The summed E-state index contributed by atoms with van der Waals surface area (Å²) in [7, 11) is 4.05. The molecule has 0 radical (unpaired) electrons. The van der Waals surface area contributed by atoms with Crippen molar-refractivity contribution in [2.24, 2.45) is 0 Å². The molecule has 1 rings (SSSR count). The Hall–Kier alpha value is -0.550. The number of hydrogen-bond donors (Lipinski definition) is 1. The van der Waals surface area contributed by atoms with Crippen LogP contribution in [0.5, 0.6) is 0 Å². The summed E-state index contributed by atoms with van der Waals surface area (Å²) in [4.78, 5) is 2.10. The highest BCUT2D eigenvalue weighted by Gasteiger charge is 2.29. The number of benzene rings is 1. The van der Waals surface area contributed by atoms with E-state index < -0.39 is 11.4 Å². The smallest absolute Gasteiger partial charge is 0.136 e. The van der Waals surface area contributed by atoms with Crippen molar-refractivity contribution in [3.05, 3.63) is 35.9 Å². The molecule has 0 fully saturated rings. The fourth-order valence-electron chi connectivity index (χ4n) is 1.57. The minimum Gasteiger partial charge on any atom is -0.598 e. The lowest BCUT2D eigenvalue weighted by Crippen LogP contribution is -2.43. The lowest BCUT2D eigenvalue weighted by molar-refractivity contribution is 0.361. The van der Waals surface area contributed by atoms with Crippen LogP contribution in [0.2, 0.25) is 0 Å². The third-order valence-corrected chi connectivity index (χ3v) is 4.17. The Morgan fingerprint density at radius 3 is 2.22 bits per heavy atom. The monoisotopic (exact) mass is 268 g/mol. The summed E-state index contributed by atoms with van der Waals surface area (Å²) in [6.07, 6.45) is 0. The highest BCUT2D eigenvalue weighted by molar-refractivity contribution is 7.90. The van der Waals surface area contributed by atoms with Crippen LogP contribution in [0.1, 0.15) is 32.4 Å². The van der Waals surface area contributed by atoms with Crippen molar-refractivity contribution in [1.82, 2.24) is 9.62 Å². The van der Waals surface area contributed by atoms with E-state index in [9.17, 15) is 4.55 Å². The van der Waals surface area contributed by atoms with Crippen molar-refractivity contribution in [2.75, 3.05) is 20.6 Å². The second-order valence-electron chi connectivity index (χ2n) is 5.72. The fraction of sp³-hybridized carbons (Fsp3) is 0.571. The number of hydrogen-bond acceptors (Lipinski definition) is 3. The first-order valence-electron chi connectivity index (χ1n) is 6.18. The Morgan fingerprint density at radius 1 is 1.22 bits per heavy atom. The van der Waals surface area contributed by atoms with Gasteiger partial charge in [-0.3, -0.25) is 0 Å². The topological polar surface area (TPSA) is 38.3 Å². The van der Waals surface area contributed by atoms with E-state index in [1.54, 1.807) is 0 Å². The molecule has 0 bridgehead atoms. The summed E-state index contributed by atoms with van der Waals surface area (Å²) >= 11 is -1.06. The zero-order valence-corrected chi connectivity index (χ0v) is 12.8. The molecule has 0 aromatic heterocycles. The van der Waals surface area contributed by atoms with E-state index in [-0.39, 0.29) is 10.8 Å². The molecule has 3 nitrogen and oxygen atoms in total. The molecular weight excluding hydrogens is 244 g/mol. The lowest BCUT2D eigenvalue weighted by atomic mass is 10.1. The van der Waals surface area contributed by atoms with E-state index in [1.807, 2.05) is 53.1 Å². The largest absolute Gasteiger partial charge is 0.598 e. The van der Waals surface area contributed by atoms with Crippen LogP contribution in [0.25, 0.3) is 0 Å². The summed E-state index contributed by atoms with van der Waals surface area (Å²) in [6.45, 7) is 6.77. The predicted molar refractivity (Wildman–Crippen MR) is 78.8 cm³/mol. The van der Waals surface area contributed by atoms with Gasteiger partial charge in [-0.15, -0.1) is 4.72 Å². The number of likely N-dealkylation sites (N-methyl/N-ethyl adjacent to an activating group) is 1. The summed E-state index contributed by atoms with van der Waals surface area (Å²) in [5.41, 5.74) is 1.17. The van der Waals surface area contributed by atoms with Crippen LogP contribution in [0.15, 0.2) is 30.3 Å². The molecule has 1 unspecified atom stereocenters. The quantitative estimate of drug-likeness (QED) is 0.833. The molecule has 0 amide bonds. The van der Waals surface area contributed by atoms with Gasteiger partial charge in [0.15, 0.2) is 0 Å². The Morgan fingerprint density at radius 2 is 1.78 bits per heavy atom. The second kappa shape index (κ2) is 6.57. The van der Waals surface area contributed by atoms with Crippen molar-refractivity contribution >= 4 is 11.4 Å². The lowest BCUT2D eigenvalue weighted by Gasteiger charge is -2.29. The number of nitrogens with one attached hydrogen (secondary N) is 1. The molecule has 4 heteroatoms. The molecule has 0 aliphatic carbocycles. The molecular formula is C14H24N2OS. The van der Waals surface area contributed by atoms with E-state index in [1.165, 1.54) is 5.56 Å². The molecule has 1 aromatic carbocycles. The van der Waals surface area contributed by atoms with Gasteiger partial charge in [0.1, 0.15) is 4.75 Å². The van der Waals surface area contributed by atoms with Gasteiger partial charge in [0.25, 0.3) is 0 Å². The van der Waals surface area contributed by atoms with Crippen LogP contribution >= 0.6 is 0 Å². The van der Waals surface area contributed by atoms with Crippen molar-refractivity contribution in [3.63, 3.8) is 0 Å². The van der Waals surface area contributed by atoms with E-state index in [0.717, 1.165) is 6.54 Å². The van der Waals surface area contributed by atoms with Gasteiger partial charge in [-0.05, 0) is 40.4 Å². The third kappa shape index (κ3) is 4.98. The molecule has 1 aromatic rings. The standard InChI is InChI=1S/C14H24N2OS/c1-14(2,3)18(17)15-13(11-16(4)5)12-9-7-6-8-10-12/h6-10,13,15H,11H2,1-5H3/t13-,18?/m1/s1. The molecule has 0 spiro atoms. The molecule has 2 atom stereocenters. The molecule has 0 saturated heterocycles. The van der Waals surface area contributed by atoms with Crippen LogP contribution in [-0.4, -0.2) is 34.8 Å². The minimum absolute atomic E-state index is 0.0845. The average molecular weight is 268 g/mol. The zero-order chi connectivity index (χ0) is 13.8.